The van der Waals surface area contributed by atoms with Crippen molar-refractivity contribution in [1.29, 1.82) is 0 Å². The molecule has 1 aliphatic heterocycles. The van der Waals surface area contributed by atoms with E-state index in [1.54, 1.807) is 26.4 Å². The Hall–Kier alpha value is -2.04. The van der Waals surface area contributed by atoms with Crippen LogP contribution in [0.4, 0.5) is 0 Å². The smallest absolute Gasteiger partial charge is 0.338 e. The van der Waals surface area contributed by atoms with Crippen LogP contribution in [-0.4, -0.2) is 101 Å². The fourth-order valence-corrected chi connectivity index (χ4v) is 12.3. The molecule has 5 aliphatic carbocycles. The van der Waals surface area contributed by atoms with Crippen molar-refractivity contribution in [3.63, 3.8) is 0 Å². The largest absolute Gasteiger partial charge is 0.458 e. The zero-order chi connectivity index (χ0) is 30.3. The van der Waals surface area contributed by atoms with Gasteiger partial charge in [-0.15, -0.1) is 0 Å². The van der Waals surface area contributed by atoms with Crippen molar-refractivity contribution in [1.82, 2.24) is 4.90 Å². The van der Waals surface area contributed by atoms with Crippen LogP contribution in [0.5, 0.6) is 0 Å². The number of carbonyl (C=O) groups excluding carboxylic acids is 2. The summed E-state index contributed by atoms with van der Waals surface area (Å²) in [5.74, 6) is -0.797. The number of nitrogens with zero attached hydrogens (tertiary/aromatic N) is 1. The molecule has 1 aromatic carbocycles. The molecule has 236 valence electrons. The third-order valence-corrected chi connectivity index (χ3v) is 12.9. The van der Waals surface area contributed by atoms with E-state index in [-0.39, 0.29) is 76.7 Å². The van der Waals surface area contributed by atoms with Crippen molar-refractivity contribution in [3.05, 3.63) is 35.9 Å². The molecule has 9 heteroatoms. The van der Waals surface area contributed by atoms with Crippen molar-refractivity contribution in [2.24, 2.45) is 40.4 Å². The molecule has 7 rings (SSSR count). The lowest BCUT2D eigenvalue weighted by Gasteiger charge is -2.69. The van der Waals surface area contributed by atoms with Crippen LogP contribution in [0.2, 0.25) is 0 Å². The molecule has 0 N–H and O–H groups in total. The van der Waals surface area contributed by atoms with Crippen LogP contribution in [0, 0.1) is 40.4 Å². The monoisotopic (exact) mass is 597 g/mol. The normalized spacial score (nSPS) is 47.3. The molecule has 1 heterocycles. The van der Waals surface area contributed by atoms with Gasteiger partial charge in [0.1, 0.15) is 11.7 Å². The maximum atomic E-state index is 13.7. The third kappa shape index (κ3) is 3.69. The van der Waals surface area contributed by atoms with E-state index in [2.05, 4.69) is 11.8 Å². The number of carbonyl (C=O) groups is 2. The molecule has 43 heavy (non-hydrogen) atoms. The van der Waals surface area contributed by atoms with Gasteiger partial charge in [-0.1, -0.05) is 25.1 Å². The van der Waals surface area contributed by atoms with Crippen LogP contribution >= 0.6 is 0 Å². The second-order valence-corrected chi connectivity index (χ2v) is 14.1. The van der Waals surface area contributed by atoms with Crippen molar-refractivity contribution in [2.75, 3.05) is 48.1 Å². The summed E-state index contributed by atoms with van der Waals surface area (Å²) in [5.41, 5.74) is -0.816. The fraction of sp³-hybridized carbons (Fsp3) is 0.765. The Morgan fingerprint density at radius 1 is 1.00 bits per heavy atom. The van der Waals surface area contributed by atoms with Crippen molar-refractivity contribution >= 4 is 11.9 Å². The maximum Gasteiger partial charge on any atom is 0.338 e. The third-order valence-electron chi connectivity index (χ3n) is 12.9. The zero-order valence-electron chi connectivity index (χ0n) is 26.3. The van der Waals surface area contributed by atoms with E-state index < -0.39 is 11.7 Å². The summed E-state index contributed by atoms with van der Waals surface area (Å²) in [6.45, 7) is 6.16. The second kappa shape index (κ2) is 10.5. The Morgan fingerprint density at radius 2 is 1.77 bits per heavy atom. The van der Waals surface area contributed by atoms with E-state index in [1.807, 2.05) is 32.4 Å². The van der Waals surface area contributed by atoms with E-state index in [0.717, 1.165) is 32.4 Å². The van der Waals surface area contributed by atoms with Gasteiger partial charge in [0.25, 0.3) is 0 Å². The van der Waals surface area contributed by atoms with Crippen molar-refractivity contribution in [2.45, 2.75) is 75.6 Å². The van der Waals surface area contributed by atoms with Crippen LogP contribution in [-0.2, 0) is 33.2 Å². The molecule has 9 nitrogen and oxygen atoms in total. The molecular formula is C34H47NO8. The van der Waals surface area contributed by atoms with Gasteiger partial charge in [-0.05, 0) is 43.9 Å². The highest BCUT2D eigenvalue weighted by Gasteiger charge is 2.88. The lowest BCUT2D eigenvalue weighted by Crippen LogP contribution is -2.77. The highest BCUT2D eigenvalue weighted by molar-refractivity contribution is 5.89. The quantitative estimate of drug-likeness (QED) is 0.396. The van der Waals surface area contributed by atoms with Crippen LogP contribution in [0.3, 0.4) is 0 Å². The molecule has 5 saturated carbocycles. The van der Waals surface area contributed by atoms with Gasteiger partial charge in [0.15, 0.2) is 0 Å². The van der Waals surface area contributed by atoms with Gasteiger partial charge in [0, 0.05) is 88.9 Å². The van der Waals surface area contributed by atoms with Gasteiger partial charge in [-0.25, -0.2) is 4.79 Å². The molecule has 0 amide bonds. The molecule has 1 aromatic rings. The van der Waals surface area contributed by atoms with Gasteiger partial charge in [0.05, 0.1) is 30.5 Å². The Kier molecular flexibility index (Phi) is 7.25. The summed E-state index contributed by atoms with van der Waals surface area (Å²) in [6.07, 6.45) is 2.42. The number of esters is 2. The van der Waals surface area contributed by atoms with Gasteiger partial charge >= 0.3 is 11.9 Å². The van der Waals surface area contributed by atoms with E-state index >= 15 is 0 Å². The lowest BCUT2D eigenvalue weighted by atomic mass is 9.43. The molecule has 6 fully saturated rings. The van der Waals surface area contributed by atoms with E-state index in [4.69, 9.17) is 28.4 Å². The van der Waals surface area contributed by atoms with Crippen LogP contribution in [0.25, 0.3) is 0 Å². The summed E-state index contributed by atoms with van der Waals surface area (Å²) in [7, 11) is 7.20. The number of ether oxygens (including phenoxy) is 6. The summed E-state index contributed by atoms with van der Waals surface area (Å²) in [5, 5.41) is 0. The predicted molar refractivity (Wildman–Crippen MR) is 156 cm³/mol. The minimum Gasteiger partial charge on any atom is -0.458 e. The Labute approximate surface area is 254 Å². The first kappa shape index (κ1) is 29.7. The Balaban J connectivity index is 1.46. The van der Waals surface area contributed by atoms with Gasteiger partial charge in [0.2, 0.25) is 0 Å². The molecule has 6 aliphatic rings. The average Bonchev–Trinajstić information content (AvgIpc) is 3.43. The minimum atomic E-state index is -0.922. The highest BCUT2D eigenvalue weighted by atomic mass is 16.6. The first-order valence-electron chi connectivity index (χ1n) is 16.0. The lowest BCUT2D eigenvalue weighted by molar-refractivity contribution is -0.280. The SMILES string of the molecule is CCN1C[C@@]2(COC)CC[C@@H](OC)[C@]34[C@@H]5C[C@H]6[C@H](OC(=O)c7ccccc7)[C@@H]5[C@](OC(C)=O)(C[C@@H]6OC)[C@@H]([C@H](OC)[C@H]23)[C@@H]14. The molecule has 0 unspecified atom stereocenters. The number of rotatable bonds is 9. The van der Waals surface area contributed by atoms with Crippen molar-refractivity contribution < 1.29 is 38.0 Å². The Bertz CT molecular complexity index is 1240. The summed E-state index contributed by atoms with van der Waals surface area (Å²) in [6, 6.07) is 9.26. The summed E-state index contributed by atoms with van der Waals surface area (Å²) < 4.78 is 38.7. The van der Waals surface area contributed by atoms with Crippen LogP contribution in [0.15, 0.2) is 30.3 Å². The van der Waals surface area contributed by atoms with E-state index in [1.165, 1.54) is 6.92 Å². The number of hydrogen-bond donors (Lipinski definition) is 0. The van der Waals surface area contributed by atoms with Crippen molar-refractivity contribution in [3.8, 4) is 0 Å². The number of benzene rings is 1. The summed E-state index contributed by atoms with van der Waals surface area (Å²) in [4.78, 5) is 29.5. The molecular weight excluding hydrogens is 550 g/mol. The molecule has 0 aromatic heterocycles. The molecule has 0 radical (unpaired) electrons. The molecule has 1 saturated heterocycles. The first-order valence-corrected chi connectivity index (χ1v) is 16.0. The topological polar surface area (TPSA) is 92.8 Å². The van der Waals surface area contributed by atoms with Gasteiger partial charge < -0.3 is 28.4 Å². The first-order chi connectivity index (χ1) is 20.8. The maximum absolute atomic E-state index is 13.7. The standard InChI is InChI=1S/C34H47NO8/c1-7-35-17-32(18-38-3)14-13-24(40-5)34-22-15-21-23(39-4)16-33(43-19(2)36,26(30(34)35)28(41-6)29(32)34)25(22)27(21)42-31(37)20-11-9-8-10-12-20/h8-12,21-30H,7,13-18H2,1-6H3/t21-,22-,23+,24-,25-,26+,27+,28+,29-,30-,32-,33-,34-/m1/s1. The van der Waals surface area contributed by atoms with E-state index in [0.29, 0.717) is 18.6 Å². The molecule has 7 bridgehead atoms. The number of fused-ring (bicyclic) bond motifs is 2. The number of piperidine rings is 1. The van der Waals surface area contributed by atoms with E-state index in [9.17, 15) is 9.59 Å². The number of methoxy groups -OCH3 is 4. The number of hydrogen-bond acceptors (Lipinski definition) is 9. The summed E-state index contributed by atoms with van der Waals surface area (Å²) >= 11 is 0. The second-order valence-electron chi connectivity index (χ2n) is 14.1. The zero-order valence-corrected chi connectivity index (χ0v) is 26.3. The van der Waals surface area contributed by atoms with Gasteiger partial charge in [-0.3, -0.25) is 9.69 Å². The molecule has 13 atom stereocenters. The minimum absolute atomic E-state index is 0.00405. The van der Waals surface area contributed by atoms with Crippen LogP contribution < -0.4 is 0 Å². The fourth-order valence-electron chi connectivity index (χ4n) is 12.3. The average molecular weight is 598 g/mol. The highest BCUT2D eigenvalue weighted by Crippen LogP contribution is 2.80. The predicted octanol–water partition coefficient (Wildman–Crippen LogP) is 3.59. The van der Waals surface area contributed by atoms with Gasteiger partial charge in [-0.2, -0.15) is 0 Å². The molecule has 1 spiro atoms. The number of likely N-dealkylation sites (tertiary alicyclic amines) is 1. The van der Waals surface area contributed by atoms with Crippen LogP contribution in [0.1, 0.15) is 49.9 Å². The Morgan fingerprint density at radius 3 is 2.40 bits per heavy atom.